The van der Waals surface area contributed by atoms with Crippen LogP contribution in [0.3, 0.4) is 0 Å². The normalized spacial score (nSPS) is 16.3. The minimum absolute atomic E-state index is 0.0160. The number of nitro benzene ring substituents is 1. The molecule has 0 amide bonds. The number of hydrogen-bond acceptors (Lipinski definition) is 6. The van der Waals surface area contributed by atoms with Gasteiger partial charge < -0.3 is 14.4 Å². The average Bonchev–Trinajstić information content (AvgIpc) is 3.45. The molecule has 2 atom stereocenters. The quantitative estimate of drug-likeness (QED) is 0.140. The summed E-state index contributed by atoms with van der Waals surface area (Å²) in [6, 6.07) is 16.6. The van der Waals surface area contributed by atoms with Crippen molar-refractivity contribution in [3.05, 3.63) is 70.3 Å². The lowest BCUT2D eigenvalue weighted by atomic mass is 9.84. The Hall–Kier alpha value is -2.21. The first-order valence-corrected chi connectivity index (χ1v) is 15.5. The Morgan fingerprint density at radius 1 is 0.892 bits per heavy atom. The molecule has 0 spiro atoms. The molecule has 0 heterocycles. The number of benzene rings is 2. The van der Waals surface area contributed by atoms with Gasteiger partial charge in [0.2, 0.25) is 0 Å². The number of hydrogen-bond donors (Lipinski definition) is 1. The van der Waals surface area contributed by atoms with Crippen molar-refractivity contribution < 1.29 is 18.5 Å². The van der Waals surface area contributed by atoms with Gasteiger partial charge in [0.05, 0.1) is 17.1 Å². The predicted molar refractivity (Wildman–Crippen MR) is 150 cm³/mol. The second kappa shape index (κ2) is 14.1. The van der Waals surface area contributed by atoms with E-state index in [1.54, 1.807) is 12.1 Å². The smallest absolute Gasteiger partial charge is 0.353 e. The molecule has 3 rings (SSSR count). The Labute approximate surface area is 222 Å². The molecule has 1 fully saturated rings. The molecular weight excluding hydrogens is 487 g/mol. The summed E-state index contributed by atoms with van der Waals surface area (Å²) in [6.07, 6.45) is 6.93. The van der Waals surface area contributed by atoms with Gasteiger partial charge in [0.25, 0.3) is 5.69 Å². The first-order valence-electron chi connectivity index (χ1n) is 13.9. The van der Waals surface area contributed by atoms with Gasteiger partial charge in [-0.3, -0.25) is 14.7 Å². The van der Waals surface area contributed by atoms with Crippen LogP contribution in [0, 0.1) is 16.0 Å². The summed E-state index contributed by atoms with van der Waals surface area (Å²) in [5, 5.41) is 14.8. The molecule has 0 radical (unpaired) electrons. The zero-order valence-electron chi connectivity index (χ0n) is 22.7. The van der Waals surface area contributed by atoms with Gasteiger partial charge >= 0.3 is 7.60 Å². The highest BCUT2D eigenvalue weighted by molar-refractivity contribution is 7.54. The highest BCUT2D eigenvalue weighted by Crippen LogP contribution is 2.62. The molecule has 0 aliphatic heterocycles. The van der Waals surface area contributed by atoms with Crippen LogP contribution in [0.2, 0.25) is 0 Å². The Morgan fingerprint density at radius 3 is 1.86 bits per heavy atom. The zero-order valence-corrected chi connectivity index (χ0v) is 23.6. The fourth-order valence-electron chi connectivity index (χ4n) is 5.37. The van der Waals surface area contributed by atoms with Gasteiger partial charge in [-0.2, -0.15) is 0 Å². The highest BCUT2D eigenvalue weighted by Gasteiger charge is 2.47. The van der Waals surface area contributed by atoms with Gasteiger partial charge in [0, 0.05) is 23.7 Å². The van der Waals surface area contributed by atoms with Crippen LogP contribution in [0.15, 0.2) is 54.6 Å². The number of nitrogens with zero attached hydrogens (tertiary/aromatic N) is 1. The third-order valence-corrected chi connectivity index (χ3v) is 9.89. The summed E-state index contributed by atoms with van der Waals surface area (Å²) in [6.45, 7) is 8.17. The predicted octanol–water partition coefficient (Wildman–Crippen LogP) is 8.91. The molecule has 1 aliphatic rings. The fraction of sp³-hybridized carbons (Fsp3) is 0.586. The lowest BCUT2D eigenvalue weighted by Crippen LogP contribution is -2.35. The molecule has 2 aromatic rings. The van der Waals surface area contributed by atoms with E-state index in [1.807, 2.05) is 45.9 Å². The Balaban J connectivity index is 2.15. The molecule has 8 heteroatoms. The van der Waals surface area contributed by atoms with Crippen LogP contribution >= 0.6 is 7.60 Å². The second-order valence-electron chi connectivity index (χ2n) is 10.0. The van der Waals surface area contributed by atoms with Gasteiger partial charge in [0.1, 0.15) is 5.78 Å². The van der Waals surface area contributed by atoms with Crippen molar-refractivity contribution in [2.24, 2.45) is 5.92 Å². The van der Waals surface area contributed by atoms with Crippen molar-refractivity contribution in [1.29, 1.82) is 0 Å². The summed E-state index contributed by atoms with van der Waals surface area (Å²) < 4.78 is 28.1. The largest absolute Gasteiger partial charge is 0.371 e. The minimum Gasteiger partial charge on any atom is -0.371 e. The van der Waals surface area contributed by atoms with Crippen molar-refractivity contribution >= 4 is 19.0 Å². The maximum atomic E-state index is 15.1. The van der Waals surface area contributed by atoms with Gasteiger partial charge in [-0.25, -0.2) is 0 Å². The number of nitrogens with one attached hydrogen (secondary N) is 1. The van der Waals surface area contributed by atoms with E-state index >= 15 is 4.57 Å². The number of non-ortho nitro benzene ring substituents is 1. The van der Waals surface area contributed by atoms with Gasteiger partial charge in [0.15, 0.2) is 0 Å². The van der Waals surface area contributed by atoms with Crippen LogP contribution in [-0.4, -0.2) is 22.9 Å². The summed E-state index contributed by atoms with van der Waals surface area (Å²) in [4.78, 5) is 10.8. The van der Waals surface area contributed by atoms with Crippen molar-refractivity contribution in [1.82, 2.24) is 0 Å². The SMILES string of the molecule is CCC(CC)OP(=O)(OC(CC)CC)[C@@H](Nc1ccc([N+](=O)[O-])cc1)[C@@H](c1ccccc1)C1CCCC1. The highest BCUT2D eigenvalue weighted by atomic mass is 31.2. The van der Waals surface area contributed by atoms with E-state index in [0.29, 0.717) is 11.6 Å². The van der Waals surface area contributed by atoms with Crippen molar-refractivity contribution in [3.8, 4) is 0 Å². The monoisotopic (exact) mass is 530 g/mol. The van der Waals surface area contributed by atoms with E-state index in [1.165, 1.54) is 12.1 Å². The first-order chi connectivity index (χ1) is 17.8. The molecule has 2 aromatic carbocycles. The molecule has 7 nitrogen and oxygen atoms in total. The van der Waals surface area contributed by atoms with E-state index < -0.39 is 18.3 Å². The number of nitro groups is 1. The van der Waals surface area contributed by atoms with E-state index in [9.17, 15) is 10.1 Å². The van der Waals surface area contributed by atoms with E-state index in [2.05, 4.69) is 17.4 Å². The van der Waals surface area contributed by atoms with Crippen molar-refractivity contribution in [3.63, 3.8) is 0 Å². The molecule has 0 bridgehead atoms. The molecule has 37 heavy (non-hydrogen) atoms. The number of anilines is 1. The third kappa shape index (κ3) is 7.66. The maximum absolute atomic E-state index is 15.1. The summed E-state index contributed by atoms with van der Waals surface area (Å²) >= 11 is 0. The van der Waals surface area contributed by atoms with Gasteiger partial charge in [-0.15, -0.1) is 0 Å². The standard InChI is InChI=1S/C29H43N2O5P/c1-5-26(6-2)35-37(34,36-27(7-3)8-4)29(30-24-18-20-25(21-19-24)31(32)33)28(23-16-12-13-17-23)22-14-10-9-11-15-22/h9-11,14-15,18-21,23,26-30H,5-8,12-13,16-17H2,1-4H3/t28-,29+/m0/s1. The van der Waals surface area contributed by atoms with Crippen molar-refractivity contribution in [2.45, 2.75) is 103 Å². The van der Waals surface area contributed by atoms with E-state index in [-0.39, 0.29) is 23.8 Å². The molecule has 204 valence electrons. The van der Waals surface area contributed by atoms with Gasteiger partial charge in [-0.05, 0) is 62.1 Å². The van der Waals surface area contributed by atoms with Crippen LogP contribution < -0.4 is 5.32 Å². The minimum atomic E-state index is -3.72. The summed E-state index contributed by atoms with van der Waals surface area (Å²) in [5.41, 5.74) is 1.79. The molecule has 1 saturated carbocycles. The van der Waals surface area contributed by atoms with Crippen LogP contribution in [0.4, 0.5) is 11.4 Å². The lowest BCUT2D eigenvalue weighted by Gasteiger charge is -2.39. The van der Waals surface area contributed by atoms with E-state index in [4.69, 9.17) is 9.05 Å². The first kappa shape index (κ1) is 29.3. The fourth-order valence-corrected chi connectivity index (χ4v) is 8.22. The Kier molecular flexibility index (Phi) is 11.2. The second-order valence-corrected chi connectivity index (χ2v) is 12.1. The summed E-state index contributed by atoms with van der Waals surface area (Å²) in [7, 11) is -3.72. The topological polar surface area (TPSA) is 90.7 Å². The molecular formula is C29H43N2O5P. The van der Waals surface area contributed by atoms with Crippen LogP contribution in [-0.2, 0) is 13.6 Å². The van der Waals surface area contributed by atoms with Gasteiger partial charge in [-0.1, -0.05) is 70.9 Å². The van der Waals surface area contributed by atoms with E-state index in [0.717, 1.165) is 56.9 Å². The average molecular weight is 531 g/mol. The zero-order chi connectivity index (χ0) is 26.8. The maximum Gasteiger partial charge on any atom is 0.353 e. The Bertz CT molecular complexity index is 985. The summed E-state index contributed by atoms with van der Waals surface area (Å²) in [5.74, 6) is -0.420. The molecule has 0 saturated heterocycles. The Morgan fingerprint density at radius 2 is 1.41 bits per heavy atom. The van der Waals surface area contributed by atoms with Crippen LogP contribution in [0.25, 0.3) is 0 Å². The molecule has 0 unspecified atom stereocenters. The van der Waals surface area contributed by atoms with Crippen LogP contribution in [0.5, 0.6) is 0 Å². The van der Waals surface area contributed by atoms with Crippen LogP contribution in [0.1, 0.15) is 90.5 Å². The lowest BCUT2D eigenvalue weighted by molar-refractivity contribution is -0.384. The molecule has 0 aromatic heterocycles. The number of rotatable bonds is 15. The van der Waals surface area contributed by atoms with Crippen molar-refractivity contribution in [2.75, 3.05) is 5.32 Å². The molecule has 1 aliphatic carbocycles. The molecule has 1 N–H and O–H groups in total. The third-order valence-electron chi connectivity index (χ3n) is 7.58.